The van der Waals surface area contributed by atoms with Crippen LogP contribution in [0.25, 0.3) is 0 Å². The van der Waals surface area contributed by atoms with Crippen LogP contribution in [0.3, 0.4) is 0 Å². The first-order valence-corrected chi connectivity index (χ1v) is 9.05. The van der Waals surface area contributed by atoms with E-state index in [1.165, 1.54) is 4.88 Å². The molecule has 2 rings (SSSR count). The van der Waals surface area contributed by atoms with E-state index in [9.17, 15) is 4.79 Å². The molecular weight excluding hydrogens is 314 g/mol. The lowest BCUT2D eigenvalue weighted by molar-refractivity contribution is 0.0835. The largest absolute Gasteiger partial charge is 0.374 e. The predicted octanol–water partition coefficient (Wildman–Crippen LogP) is 4.29. The van der Waals surface area contributed by atoms with Gasteiger partial charge in [0.05, 0.1) is 5.56 Å². The van der Waals surface area contributed by atoms with Crippen LogP contribution in [0.15, 0.2) is 41.3 Å². The van der Waals surface area contributed by atoms with Crippen LogP contribution in [0.1, 0.15) is 33.1 Å². The van der Waals surface area contributed by atoms with Crippen molar-refractivity contribution in [3.05, 3.63) is 51.7 Å². The zero-order chi connectivity index (χ0) is 15.9. The number of rotatable bonds is 7. The Bertz CT molecular complexity index is 625. The fraction of sp³-hybridized carbons (Fsp3) is 0.353. The third-order valence-electron chi connectivity index (χ3n) is 3.24. The van der Waals surface area contributed by atoms with Gasteiger partial charge in [-0.05, 0) is 36.9 Å². The van der Waals surface area contributed by atoms with Gasteiger partial charge in [0.1, 0.15) is 6.10 Å². The fourth-order valence-electron chi connectivity index (χ4n) is 2.14. The summed E-state index contributed by atoms with van der Waals surface area (Å²) < 4.78 is 5.50. The van der Waals surface area contributed by atoms with E-state index in [1.54, 1.807) is 30.2 Å². The summed E-state index contributed by atoms with van der Waals surface area (Å²) in [5, 5.41) is 2.99. The third-order valence-corrected chi connectivity index (χ3v) is 5.29. The van der Waals surface area contributed by atoms with E-state index in [1.807, 2.05) is 24.3 Å². The number of carbonyl (C=O) groups is 1. The molecular formula is C17H21NO2S2. The molecule has 2 aromatic rings. The average Bonchev–Trinajstić information content (AvgIpc) is 2.95. The second kappa shape index (κ2) is 8.36. The maximum Gasteiger partial charge on any atom is 0.252 e. The quantitative estimate of drug-likeness (QED) is 0.767. The van der Waals surface area contributed by atoms with Crippen LogP contribution in [0.4, 0.5) is 0 Å². The summed E-state index contributed by atoms with van der Waals surface area (Å²) in [7, 11) is 1.67. The van der Waals surface area contributed by atoms with E-state index in [0.717, 1.165) is 21.1 Å². The Hall–Kier alpha value is -1.30. The molecule has 0 fully saturated rings. The maximum absolute atomic E-state index is 12.4. The van der Waals surface area contributed by atoms with Crippen molar-refractivity contribution in [2.24, 2.45) is 0 Å². The van der Waals surface area contributed by atoms with Gasteiger partial charge in [-0.3, -0.25) is 4.79 Å². The van der Waals surface area contributed by atoms with Crippen molar-refractivity contribution in [3.8, 4) is 0 Å². The molecule has 0 bridgehead atoms. The molecule has 1 aromatic heterocycles. The van der Waals surface area contributed by atoms with Gasteiger partial charge in [0.25, 0.3) is 5.91 Å². The Morgan fingerprint density at radius 1 is 1.32 bits per heavy atom. The Morgan fingerprint density at radius 2 is 2.09 bits per heavy atom. The fourth-order valence-corrected chi connectivity index (χ4v) is 3.90. The highest BCUT2D eigenvalue weighted by Crippen LogP contribution is 2.25. The number of hydrogen-bond acceptors (Lipinski definition) is 4. The molecule has 0 aliphatic carbocycles. The number of nitrogens with one attached hydrogen (secondary N) is 1. The minimum absolute atomic E-state index is 0.0492. The van der Waals surface area contributed by atoms with Crippen LogP contribution >= 0.6 is 23.1 Å². The van der Waals surface area contributed by atoms with Crippen LogP contribution in [0, 0.1) is 6.92 Å². The lowest BCUT2D eigenvalue weighted by Crippen LogP contribution is -2.29. The SMILES string of the molecule is CCSc1ccccc1C(=O)NC[C@@H](OC)c1ccc(C)s1. The predicted molar refractivity (Wildman–Crippen MR) is 94.0 cm³/mol. The standard InChI is InChI=1S/C17H21NO2S2/c1-4-21-15-8-6-5-7-13(15)17(19)18-11-14(20-3)16-10-9-12(2)22-16/h5-10,14H,4,11H2,1-3H3,(H,18,19)/t14-/m1/s1. The normalized spacial score (nSPS) is 12.1. The summed E-state index contributed by atoms with van der Waals surface area (Å²) >= 11 is 3.38. The number of thioether (sulfide) groups is 1. The molecule has 0 unspecified atom stereocenters. The van der Waals surface area contributed by atoms with Gasteiger partial charge in [-0.15, -0.1) is 23.1 Å². The van der Waals surface area contributed by atoms with Crippen LogP contribution in [0.5, 0.6) is 0 Å². The first-order chi connectivity index (χ1) is 10.7. The van der Waals surface area contributed by atoms with Crippen LogP contribution in [-0.4, -0.2) is 25.3 Å². The molecule has 0 spiro atoms. The van der Waals surface area contributed by atoms with Gasteiger partial charge in [-0.25, -0.2) is 0 Å². The minimum Gasteiger partial charge on any atom is -0.374 e. The Morgan fingerprint density at radius 3 is 2.73 bits per heavy atom. The smallest absolute Gasteiger partial charge is 0.252 e. The number of methoxy groups -OCH3 is 1. The molecule has 0 aliphatic rings. The third kappa shape index (κ3) is 4.35. The van der Waals surface area contributed by atoms with Gasteiger partial charge < -0.3 is 10.1 Å². The van der Waals surface area contributed by atoms with Crippen molar-refractivity contribution in [1.29, 1.82) is 0 Å². The van der Waals surface area contributed by atoms with Crippen LogP contribution in [0.2, 0.25) is 0 Å². The number of carbonyl (C=O) groups excluding carboxylic acids is 1. The summed E-state index contributed by atoms with van der Waals surface area (Å²) in [5.74, 6) is 0.895. The molecule has 0 radical (unpaired) electrons. The van der Waals surface area contributed by atoms with Crippen LogP contribution in [-0.2, 0) is 4.74 Å². The maximum atomic E-state index is 12.4. The molecule has 1 amide bonds. The summed E-state index contributed by atoms with van der Waals surface area (Å²) in [4.78, 5) is 15.8. The molecule has 1 heterocycles. The highest BCUT2D eigenvalue weighted by molar-refractivity contribution is 7.99. The van der Waals surface area contributed by atoms with Gasteiger partial charge in [0.2, 0.25) is 0 Å². The van der Waals surface area contributed by atoms with E-state index in [-0.39, 0.29) is 12.0 Å². The molecule has 5 heteroatoms. The highest BCUT2D eigenvalue weighted by Gasteiger charge is 2.16. The monoisotopic (exact) mass is 335 g/mol. The van der Waals surface area contributed by atoms with Gasteiger partial charge >= 0.3 is 0 Å². The lowest BCUT2D eigenvalue weighted by atomic mass is 10.2. The van der Waals surface area contributed by atoms with Gasteiger partial charge in [0, 0.05) is 28.3 Å². The first-order valence-electron chi connectivity index (χ1n) is 7.24. The molecule has 1 atom stereocenters. The van der Waals surface area contributed by atoms with E-state index >= 15 is 0 Å². The Kier molecular flexibility index (Phi) is 6.49. The number of amides is 1. The van der Waals surface area contributed by atoms with E-state index in [4.69, 9.17) is 4.74 Å². The van der Waals surface area contributed by atoms with Crippen LogP contribution < -0.4 is 5.32 Å². The molecule has 0 aliphatic heterocycles. The summed E-state index contributed by atoms with van der Waals surface area (Å²) in [6.45, 7) is 4.62. The molecule has 0 saturated heterocycles. The molecule has 1 N–H and O–H groups in total. The summed E-state index contributed by atoms with van der Waals surface area (Å²) in [6.07, 6.45) is -0.103. The van der Waals surface area contributed by atoms with Gasteiger partial charge in [-0.1, -0.05) is 19.1 Å². The topological polar surface area (TPSA) is 38.3 Å². The van der Waals surface area contributed by atoms with E-state index < -0.39 is 0 Å². The van der Waals surface area contributed by atoms with Crippen molar-refractivity contribution < 1.29 is 9.53 Å². The summed E-state index contributed by atoms with van der Waals surface area (Å²) in [5.41, 5.74) is 0.728. The minimum atomic E-state index is -0.103. The number of aryl methyl sites for hydroxylation is 1. The highest BCUT2D eigenvalue weighted by atomic mass is 32.2. The zero-order valence-electron chi connectivity index (χ0n) is 13.1. The number of ether oxygens (including phenoxy) is 1. The van der Waals surface area contributed by atoms with Gasteiger partial charge in [-0.2, -0.15) is 0 Å². The Labute approximate surface area is 140 Å². The van der Waals surface area contributed by atoms with Gasteiger partial charge in [0.15, 0.2) is 0 Å². The zero-order valence-corrected chi connectivity index (χ0v) is 14.7. The van der Waals surface area contributed by atoms with Crippen molar-refractivity contribution >= 4 is 29.0 Å². The second-order valence-corrected chi connectivity index (χ2v) is 7.44. The van der Waals surface area contributed by atoms with E-state index in [2.05, 4.69) is 31.3 Å². The van der Waals surface area contributed by atoms with Crippen molar-refractivity contribution in [2.75, 3.05) is 19.4 Å². The molecule has 3 nitrogen and oxygen atoms in total. The molecule has 1 aromatic carbocycles. The summed E-state index contributed by atoms with van der Waals surface area (Å²) in [6, 6.07) is 11.8. The lowest BCUT2D eigenvalue weighted by Gasteiger charge is -2.15. The van der Waals surface area contributed by atoms with Crippen molar-refractivity contribution in [3.63, 3.8) is 0 Å². The first kappa shape index (κ1) is 17.1. The Balaban J connectivity index is 2.02. The molecule has 0 saturated carbocycles. The number of hydrogen-bond donors (Lipinski definition) is 1. The number of benzene rings is 1. The van der Waals surface area contributed by atoms with Crippen molar-refractivity contribution in [2.45, 2.75) is 24.8 Å². The average molecular weight is 335 g/mol. The van der Waals surface area contributed by atoms with E-state index in [0.29, 0.717) is 6.54 Å². The van der Waals surface area contributed by atoms with Crippen molar-refractivity contribution in [1.82, 2.24) is 5.32 Å². The molecule has 22 heavy (non-hydrogen) atoms. The number of thiophene rings is 1. The molecule has 118 valence electrons. The second-order valence-electron chi connectivity index (χ2n) is 4.81.